The van der Waals surface area contributed by atoms with Crippen LogP contribution in [0.4, 0.5) is 5.69 Å². The molecule has 0 saturated heterocycles. The van der Waals surface area contributed by atoms with Crippen molar-refractivity contribution in [2.45, 2.75) is 87.2 Å². The third-order valence-corrected chi connectivity index (χ3v) is 8.07. The SMILES string of the molecule is C=CNc1cccc(C)c1.CCC.CCC(c1ccc(C2=C3C(N)=NC=CN3C(C(C)(C)C)N2C)c2ccccc12)C(C)C. The Kier molecular flexibility index (Phi) is 11.9. The van der Waals surface area contributed by atoms with E-state index in [1.807, 2.05) is 18.3 Å². The zero-order chi connectivity index (χ0) is 32.6. The van der Waals surface area contributed by atoms with Gasteiger partial charge in [-0.1, -0.05) is 117 Å². The van der Waals surface area contributed by atoms with Gasteiger partial charge in [0.25, 0.3) is 0 Å². The molecule has 0 bridgehead atoms. The molecular formula is C39H55N5. The number of amidine groups is 1. The van der Waals surface area contributed by atoms with Gasteiger partial charge in [-0.2, -0.15) is 0 Å². The highest BCUT2D eigenvalue weighted by molar-refractivity contribution is 6.08. The molecule has 5 rings (SSSR count). The molecule has 236 valence electrons. The van der Waals surface area contributed by atoms with Gasteiger partial charge in [0.2, 0.25) is 0 Å². The average Bonchev–Trinajstić information content (AvgIpc) is 3.27. The lowest BCUT2D eigenvalue weighted by molar-refractivity contribution is 0.0962. The first-order valence-electron chi connectivity index (χ1n) is 16.1. The van der Waals surface area contributed by atoms with Crippen LogP contribution in [0.3, 0.4) is 0 Å². The number of fused-ring (bicyclic) bond motifs is 2. The zero-order valence-corrected chi connectivity index (χ0v) is 28.8. The van der Waals surface area contributed by atoms with Crippen LogP contribution in [0.2, 0.25) is 0 Å². The standard InChI is InChI=1S/C27H36N4.C9H11N.C3H8/c1-8-18(17(2)3)21-13-14-22(20-12-10-9-11-19(20)21)23-24-25(28)29-15-16-31(24)26(30(23)7)27(4,5)6;1-3-10-9-6-4-5-8(2)7-9;1-3-2/h9-18,26H,8H2,1-7H3,(H2,28,29);3-7,10H,1H2,2H3;3H2,1-2H3. The number of nitrogens with two attached hydrogens (primary N) is 1. The van der Waals surface area contributed by atoms with Gasteiger partial charge in [0.15, 0.2) is 0 Å². The van der Waals surface area contributed by atoms with E-state index in [2.05, 4.69) is 151 Å². The van der Waals surface area contributed by atoms with Gasteiger partial charge in [-0.15, -0.1) is 0 Å². The molecule has 3 aromatic carbocycles. The molecule has 2 unspecified atom stereocenters. The zero-order valence-electron chi connectivity index (χ0n) is 28.8. The van der Waals surface area contributed by atoms with E-state index in [-0.39, 0.29) is 11.6 Å². The number of nitrogens with one attached hydrogen (secondary N) is 1. The maximum absolute atomic E-state index is 6.47. The maximum atomic E-state index is 6.47. The van der Waals surface area contributed by atoms with Crippen LogP contribution < -0.4 is 11.1 Å². The molecule has 2 aliphatic rings. The minimum atomic E-state index is 0.0321. The highest BCUT2D eigenvalue weighted by Gasteiger charge is 2.44. The summed E-state index contributed by atoms with van der Waals surface area (Å²) in [5.41, 5.74) is 13.7. The van der Waals surface area contributed by atoms with Crippen molar-refractivity contribution in [3.63, 3.8) is 0 Å². The van der Waals surface area contributed by atoms with Gasteiger partial charge in [-0.25, -0.2) is 4.99 Å². The molecule has 0 saturated carbocycles. The second-order valence-electron chi connectivity index (χ2n) is 13.2. The topological polar surface area (TPSA) is 56.9 Å². The summed E-state index contributed by atoms with van der Waals surface area (Å²) in [5, 5.41) is 5.64. The van der Waals surface area contributed by atoms with E-state index in [0.29, 0.717) is 17.7 Å². The number of rotatable bonds is 6. The van der Waals surface area contributed by atoms with E-state index in [1.54, 1.807) is 6.20 Å². The average molecular weight is 594 g/mol. The fourth-order valence-electron chi connectivity index (χ4n) is 6.45. The Morgan fingerprint density at radius 2 is 1.64 bits per heavy atom. The number of aryl methyl sites for hydroxylation is 1. The minimum absolute atomic E-state index is 0.0321. The monoisotopic (exact) mass is 593 g/mol. The summed E-state index contributed by atoms with van der Waals surface area (Å²) in [7, 11) is 2.18. The van der Waals surface area contributed by atoms with E-state index < -0.39 is 0 Å². The largest absolute Gasteiger partial charge is 0.382 e. The van der Waals surface area contributed by atoms with Crippen LogP contribution in [0, 0.1) is 18.3 Å². The second kappa shape index (κ2) is 15.1. The highest BCUT2D eigenvalue weighted by atomic mass is 15.4. The summed E-state index contributed by atoms with van der Waals surface area (Å²) in [4.78, 5) is 9.13. The summed E-state index contributed by atoms with van der Waals surface area (Å²) >= 11 is 0. The predicted octanol–water partition coefficient (Wildman–Crippen LogP) is 10.1. The quantitative estimate of drug-likeness (QED) is 0.299. The van der Waals surface area contributed by atoms with Crippen LogP contribution in [0.1, 0.15) is 90.8 Å². The van der Waals surface area contributed by atoms with Crippen molar-refractivity contribution in [1.82, 2.24) is 9.80 Å². The normalized spacial score (nSPS) is 16.5. The van der Waals surface area contributed by atoms with Crippen LogP contribution in [0.15, 0.2) is 96.5 Å². The lowest BCUT2D eigenvalue weighted by atomic mass is 9.82. The summed E-state index contributed by atoms with van der Waals surface area (Å²) in [6.07, 6.45) is 8.10. The molecular weight excluding hydrogens is 538 g/mol. The summed E-state index contributed by atoms with van der Waals surface area (Å²) in [6, 6.07) is 21.6. The van der Waals surface area contributed by atoms with Crippen LogP contribution in [-0.4, -0.2) is 28.8 Å². The summed E-state index contributed by atoms with van der Waals surface area (Å²) in [5.74, 6) is 1.72. The van der Waals surface area contributed by atoms with Crippen molar-refractivity contribution in [2.75, 3.05) is 12.4 Å². The van der Waals surface area contributed by atoms with Gasteiger partial charge in [-0.3, -0.25) is 0 Å². The Hall–Kier alpha value is -3.99. The molecule has 0 amide bonds. The van der Waals surface area contributed by atoms with Gasteiger partial charge >= 0.3 is 0 Å². The first kappa shape index (κ1) is 34.5. The number of anilines is 1. The molecule has 0 aromatic heterocycles. The summed E-state index contributed by atoms with van der Waals surface area (Å²) < 4.78 is 0. The minimum Gasteiger partial charge on any atom is -0.382 e. The van der Waals surface area contributed by atoms with Crippen molar-refractivity contribution in [2.24, 2.45) is 22.1 Å². The maximum Gasteiger partial charge on any atom is 0.149 e. The number of benzene rings is 3. The first-order chi connectivity index (χ1) is 20.9. The van der Waals surface area contributed by atoms with E-state index in [0.717, 1.165) is 23.5 Å². The predicted molar refractivity (Wildman–Crippen MR) is 193 cm³/mol. The number of nitrogens with zero attached hydrogens (tertiary/aromatic N) is 3. The Morgan fingerprint density at radius 1 is 0.977 bits per heavy atom. The Labute approximate surface area is 267 Å². The van der Waals surface area contributed by atoms with Crippen molar-refractivity contribution in [1.29, 1.82) is 0 Å². The molecule has 5 nitrogen and oxygen atoms in total. The number of hydrogen-bond acceptors (Lipinski definition) is 5. The molecule has 3 aromatic rings. The van der Waals surface area contributed by atoms with Crippen LogP contribution in [-0.2, 0) is 0 Å². The van der Waals surface area contributed by atoms with Crippen molar-refractivity contribution in [3.05, 3.63) is 108 Å². The number of hydrogen-bond donors (Lipinski definition) is 2. The first-order valence-corrected chi connectivity index (χ1v) is 16.1. The van der Waals surface area contributed by atoms with Gasteiger partial charge in [0, 0.05) is 36.1 Å². The fourth-order valence-corrected chi connectivity index (χ4v) is 6.45. The molecule has 0 spiro atoms. The fraction of sp³-hybridized carbons (Fsp3) is 0.410. The molecule has 2 aliphatic heterocycles. The van der Waals surface area contributed by atoms with Gasteiger partial charge in [0.05, 0.1) is 5.70 Å². The molecule has 5 heteroatoms. The van der Waals surface area contributed by atoms with E-state index in [1.165, 1.54) is 33.9 Å². The molecule has 0 fully saturated rings. The van der Waals surface area contributed by atoms with E-state index >= 15 is 0 Å². The molecule has 2 atom stereocenters. The van der Waals surface area contributed by atoms with Gasteiger partial charge in [0.1, 0.15) is 17.7 Å². The second-order valence-corrected chi connectivity index (χ2v) is 13.2. The Balaban J connectivity index is 0.000000340. The van der Waals surface area contributed by atoms with Crippen molar-refractivity contribution < 1.29 is 0 Å². The van der Waals surface area contributed by atoms with Crippen molar-refractivity contribution >= 4 is 28.0 Å². The Bertz CT molecular complexity index is 1500. The Morgan fingerprint density at radius 3 is 2.20 bits per heavy atom. The highest BCUT2D eigenvalue weighted by Crippen LogP contribution is 2.45. The molecule has 3 N–H and O–H groups in total. The van der Waals surface area contributed by atoms with Crippen molar-refractivity contribution in [3.8, 4) is 0 Å². The van der Waals surface area contributed by atoms with E-state index in [9.17, 15) is 0 Å². The third kappa shape index (κ3) is 7.56. The summed E-state index contributed by atoms with van der Waals surface area (Å²) in [6.45, 7) is 23.7. The lowest BCUT2D eigenvalue weighted by Crippen LogP contribution is -2.46. The third-order valence-electron chi connectivity index (χ3n) is 8.07. The smallest absolute Gasteiger partial charge is 0.149 e. The molecule has 2 heterocycles. The van der Waals surface area contributed by atoms with Gasteiger partial charge in [-0.05, 0) is 65.4 Å². The molecule has 0 aliphatic carbocycles. The number of aliphatic imine (C=N–C) groups is 1. The van der Waals surface area contributed by atoms with Crippen LogP contribution >= 0.6 is 0 Å². The molecule has 44 heavy (non-hydrogen) atoms. The van der Waals surface area contributed by atoms with Gasteiger partial charge < -0.3 is 20.9 Å². The van der Waals surface area contributed by atoms with E-state index in [4.69, 9.17) is 5.73 Å². The van der Waals surface area contributed by atoms with Crippen LogP contribution in [0.5, 0.6) is 0 Å². The van der Waals surface area contributed by atoms with Crippen LogP contribution in [0.25, 0.3) is 16.5 Å². The molecule has 0 radical (unpaired) electrons. The lowest BCUT2D eigenvalue weighted by Gasteiger charge is -2.40.